The van der Waals surface area contributed by atoms with Crippen molar-refractivity contribution in [1.29, 1.82) is 0 Å². The number of carbonyl (C=O) groups is 1. The zero-order chi connectivity index (χ0) is 16.5. The lowest BCUT2D eigenvalue weighted by Gasteiger charge is -2.28. The Kier molecular flexibility index (Phi) is 4.30. The van der Waals surface area contributed by atoms with Gasteiger partial charge < -0.3 is 15.3 Å². The van der Waals surface area contributed by atoms with E-state index in [4.69, 9.17) is 5.14 Å². The number of hydrogen-bond donors (Lipinski definition) is 3. The summed E-state index contributed by atoms with van der Waals surface area (Å²) in [5.41, 5.74) is -0.409. The number of amides is 1. The fourth-order valence-corrected chi connectivity index (χ4v) is 3.27. The number of anilines is 1. The molecule has 1 unspecified atom stereocenters. The van der Waals surface area contributed by atoms with Crippen LogP contribution in [0.25, 0.3) is 0 Å². The summed E-state index contributed by atoms with van der Waals surface area (Å²) in [6, 6.07) is 4.52. The molecule has 22 heavy (non-hydrogen) atoms. The highest BCUT2D eigenvalue weighted by molar-refractivity contribution is 7.89. The maximum absolute atomic E-state index is 11.3. The molecule has 1 aromatic rings. The van der Waals surface area contributed by atoms with Crippen LogP contribution in [0.4, 0.5) is 10.6 Å². The van der Waals surface area contributed by atoms with Crippen molar-refractivity contribution in [2.24, 2.45) is 11.1 Å². The summed E-state index contributed by atoms with van der Waals surface area (Å²) in [5.74, 6) is 0.532. The molecule has 0 bridgehead atoms. The molecule has 0 aliphatic carbocycles. The van der Waals surface area contributed by atoms with Gasteiger partial charge >= 0.3 is 6.09 Å². The number of nitrogens with two attached hydrogens (primary N) is 1. The fourth-order valence-electron chi connectivity index (χ4n) is 2.78. The van der Waals surface area contributed by atoms with Crippen LogP contribution in [0.2, 0.25) is 0 Å². The Morgan fingerprint density at radius 1 is 1.55 bits per heavy atom. The first-order valence-electron chi connectivity index (χ1n) is 6.84. The van der Waals surface area contributed by atoms with Crippen molar-refractivity contribution in [2.45, 2.75) is 30.8 Å². The number of carboxylic acid groups (broad SMARTS) is 1. The summed E-state index contributed by atoms with van der Waals surface area (Å²) >= 11 is 0. The van der Waals surface area contributed by atoms with Gasteiger partial charge in [-0.25, -0.2) is 23.3 Å². The smallest absolute Gasteiger partial charge is 0.407 e. The van der Waals surface area contributed by atoms with Crippen molar-refractivity contribution >= 4 is 21.9 Å². The number of nitrogens with one attached hydrogen (secondary N) is 1. The Balaban J connectivity index is 2.02. The standard InChI is InChI=1S/C13H20N4O4S/c1-13(2)6-9(8-17(13)12(18)19)7-15-10-4-3-5-11(16-10)22(14,20)21/h3-5,9H,6-8H2,1-2H3,(H,15,16)(H,18,19)(H2,14,20,21). The van der Waals surface area contributed by atoms with E-state index in [0.717, 1.165) is 6.42 Å². The van der Waals surface area contributed by atoms with Gasteiger partial charge in [0.15, 0.2) is 5.03 Å². The van der Waals surface area contributed by atoms with Gasteiger partial charge in [0.1, 0.15) is 5.82 Å². The first-order chi connectivity index (χ1) is 10.1. The quantitative estimate of drug-likeness (QED) is 0.754. The molecule has 0 saturated carbocycles. The Hall–Kier alpha value is -1.87. The average molecular weight is 328 g/mol. The largest absolute Gasteiger partial charge is 0.465 e. The van der Waals surface area contributed by atoms with Crippen LogP contribution >= 0.6 is 0 Å². The summed E-state index contributed by atoms with van der Waals surface area (Å²) in [5, 5.41) is 17.1. The van der Waals surface area contributed by atoms with Crippen molar-refractivity contribution in [3.8, 4) is 0 Å². The number of primary sulfonamides is 1. The molecule has 1 aromatic heterocycles. The van der Waals surface area contributed by atoms with Gasteiger partial charge in [-0.15, -0.1) is 0 Å². The van der Waals surface area contributed by atoms with Crippen LogP contribution in [-0.4, -0.2) is 48.1 Å². The molecular weight excluding hydrogens is 308 g/mol. The Bertz CT molecular complexity index is 674. The number of sulfonamides is 1. The number of nitrogens with zero attached hydrogens (tertiary/aromatic N) is 2. The van der Waals surface area contributed by atoms with Crippen LogP contribution in [0.1, 0.15) is 20.3 Å². The van der Waals surface area contributed by atoms with Gasteiger partial charge in [0.25, 0.3) is 10.0 Å². The molecule has 8 nitrogen and oxygen atoms in total. The van der Waals surface area contributed by atoms with Gasteiger partial charge in [-0.1, -0.05) is 6.07 Å². The molecule has 0 spiro atoms. The minimum Gasteiger partial charge on any atom is -0.465 e. The normalized spacial score (nSPS) is 20.9. The van der Waals surface area contributed by atoms with E-state index in [2.05, 4.69) is 10.3 Å². The molecule has 1 aliphatic heterocycles. The Labute approximate surface area is 129 Å². The monoisotopic (exact) mass is 328 g/mol. The second kappa shape index (κ2) is 5.73. The maximum Gasteiger partial charge on any atom is 0.407 e. The van der Waals surface area contributed by atoms with E-state index in [1.54, 1.807) is 12.1 Å². The van der Waals surface area contributed by atoms with E-state index in [-0.39, 0.29) is 10.9 Å². The molecular formula is C13H20N4O4S. The number of likely N-dealkylation sites (tertiary alicyclic amines) is 1. The SMILES string of the molecule is CC1(C)CC(CNc2cccc(S(N)(=O)=O)n2)CN1C(=O)O. The molecule has 9 heteroatoms. The van der Waals surface area contributed by atoms with Gasteiger partial charge in [-0.05, 0) is 38.3 Å². The van der Waals surface area contributed by atoms with Crippen LogP contribution < -0.4 is 10.5 Å². The second-order valence-electron chi connectivity index (χ2n) is 6.06. The van der Waals surface area contributed by atoms with Crippen LogP contribution in [0.3, 0.4) is 0 Å². The van der Waals surface area contributed by atoms with Crippen molar-refractivity contribution in [1.82, 2.24) is 9.88 Å². The summed E-state index contributed by atoms with van der Waals surface area (Å²) in [7, 11) is -3.84. The van der Waals surface area contributed by atoms with E-state index in [1.807, 2.05) is 13.8 Å². The highest BCUT2D eigenvalue weighted by Crippen LogP contribution is 2.32. The molecule has 1 atom stereocenters. The number of pyridine rings is 1. The van der Waals surface area contributed by atoms with E-state index in [1.165, 1.54) is 11.0 Å². The molecule has 2 heterocycles. The lowest BCUT2D eigenvalue weighted by molar-refractivity contribution is 0.117. The van der Waals surface area contributed by atoms with Gasteiger partial charge in [0, 0.05) is 18.6 Å². The first kappa shape index (κ1) is 16.5. The lowest BCUT2D eigenvalue weighted by Crippen LogP contribution is -2.41. The van der Waals surface area contributed by atoms with Crippen LogP contribution in [-0.2, 0) is 10.0 Å². The topological polar surface area (TPSA) is 126 Å². The summed E-state index contributed by atoms with van der Waals surface area (Å²) in [6.45, 7) is 4.72. The zero-order valence-corrected chi connectivity index (χ0v) is 13.3. The van der Waals surface area contributed by atoms with E-state index >= 15 is 0 Å². The Morgan fingerprint density at radius 3 is 2.77 bits per heavy atom. The van der Waals surface area contributed by atoms with Crippen molar-refractivity contribution in [3.05, 3.63) is 18.2 Å². The van der Waals surface area contributed by atoms with E-state index in [0.29, 0.717) is 18.9 Å². The minimum absolute atomic E-state index is 0.131. The molecule has 1 saturated heterocycles. The van der Waals surface area contributed by atoms with Gasteiger partial charge in [0.2, 0.25) is 0 Å². The summed E-state index contributed by atoms with van der Waals surface area (Å²) in [6.07, 6.45) is -0.205. The average Bonchev–Trinajstić information content (AvgIpc) is 2.71. The summed E-state index contributed by atoms with van der Waals surface area (Å²) in [4.78, 5) is 16.6. The minimum atomic E-state index is -3.84. The molecule has 0 aromatic carbocycles. The fraction of sp³-hybridized carbons (Fsp3) is 0.538. The number of rotatable bonds is 4. The van der Waals surface area contributed by atoms with E-state index < -0.39 is 21.7 Å². The third-order valence-electron chi connectivity index (χ3n) is 3.78. The summed E-state index contributed by atoms with van der Waals surface area (Å²) < 4.78 is 22.5. The van der Waals surface area contributed by atoms with Crippen molar-refractivity contribution < 1.29 is 18.3 Å². The molecule has 1 aliphatic rings. The van der Waals surface area contributed by atoms with Crippen molar-refractivity contribution in [2.75, 3.05) is 18.4 Å². The highest BCUT2D eigenvalue weighted by atomic mass is 32.2. The number of aromatic nitrogens is 1. The third kappa shape index (κ3) is 3.66. The number of hydrogen-bond acceptors (Lipinski definition) is 5. The molecule has 1 fully saturated rings. The van der Waals surface area contributed by atoms with E-state index in [9.17, 15) is 18.3 Å². The maximum atomic E-state index is 11.3. The van der Waals surface area contributed by atoms with Crippen molar-refractivity contribution in [3.63, 3.8) is 0 Å². The molecule has 0 radical (unpaired) electrons. The predicted octanol–water partition coefficient (Wildman–Crippen LogP) is 0.919. The molecule has 1 amide bonds. The zero-order valence-electron chi connectivity index (χ0n) is 12.5. The van der Waals surface area contributed by atoms with Gasteiger partial charge in [0.05, 0.1) is 0 Å². The molecule has 2 rings (SSSR count). The van der Waals surface area contributed by atoms with Crippen LogP contribution in [0.15, 0.2) is 23.2 Å². The lowest BCUT2D eigenvalue weighted by atomic mass is 9.96. The third-order valence-corrected chi connectivity index (χ3v) is 4.59. The predicted molar refractivity (Wildman–Crippen MR) is 81.0 cm³/mol. The second-order valence-corrected chi connectivity index (χ2v) is 7.57. The highest BCUT2D eigenvalue weighted by Gasteiger charge is 2.41. The molecule has 122 valence electrons. The van der Waals surface area contributed by atoms with Crippen LogP contribution in [0, 0.1) is 5.92 Å². The van der Waals surface area contributed by atoms with Gasteiger partial charge in [-0.3, -0.25) is 0 Å². The first-order valence-corrected chi connectivity index (χ1v) is 8.38. The van der Waals surface area contributed by atoms with Crippen LogP contribution in [0.5, 0.6) is 0 Å². The molecule has 4 N–H and O–H groups in total. The van der Waals surface area contributed by atoms with Gasteiger partial charge in [-0.2, -0.15) is 0 Å². The Morgan fingerprint density at radius 2 is 2.23 bits per heavy atom.